The quantitative estimate of drug-likeness (QED) is 0.356. The van der Waals surface area contributed by atoms with Gasteiger partial charge in [-0.15, -0.1) is 0 Å². The molecule has 0 amide bonds. The van der Waals surface area contributed by atoms with E-state index in [1.165, 1.54) is 0 Å². The van der Waals surface area contributed by atoms with Gasteiger partial charge in [0, 0.05) is 24.2 Å². The number of ether oxygens (including phenoxy) is 2. The Kier molecular flexibility index (Phi) is 7.93. The number of aliphatic hydroxyl groups excluding tert-OH is 1. The molecule has 0 fully saturated rings. The minimum absolute atomic E-state index is 0.00219. The van der Waals surface area contributed by atoms with E-state index in [1.807, 2.05) is 55.4 Å². The Morgan fingerprint density at radius 1 is 1.13 bits per heavy atom. The van der Waals surface area contributed by atoms with Crippen molar-refractivity contribution in [2.45, 2.75) is 38.9 Å². The zero-order valence-corrected chi connectivity index (χ0v) is 18.7. The molecule has 0 aliphatic heterocycles. The molecule has 30 heavy (non-hydrogen) atoms. The van der Waals surface area contributed by atoms with Crippen LogP contribution in [-0.2, 0) is 22.7 Å². The lowest BCUT2D eigenvalue weighted by atomic mass is 9.98. The van der Waals surface area contributed by atoms with Gasteiger partial charge >= 0.3 is 0 Å². The second-order valence-electron chi connectivity index (χ2n) is 6.86. The highest BCUT2D eigenvalue weighted by atomic mass is 32.2. The van der Waals surface area contributed by atoms with Crippen molar-refractivity contribution < 1.29 is 19.1 Å². The molecule has 0 bridgehead atoms. The Bertz CT molecular complexity index is 974. The van der Waals surface area contributed by atoms with Gasteiger partial charge in [-0.25, -0.2) is 0 Å². The highest BCUT2D eigenvalue weighted by molar-refractivity contribution is 8.00. The van der Waals surface area contributed by atoms with Crippen molar-refractivity contribution in [3.05, 3.63) is 64.9 Å². The monoisotopic (exact) mass is 428 g/mol. The van der Waals surface area contributed by atoms with E-state index in [0.717, 1.165) is 44.3 Å². The number of hydrogen-bond acceptors (Lipinski definition) is 7. The molecule has 0 saturated heterocycles. The summed E-state index contributed by atoms with van der Waals surface area (Å²) < 4.78 is 18.5. The molecule has 0 radical (unpaired) electrons. The lowest BCUT2D eigenvalue weighted by Crippen LogP contribution is -2.18. The smallest absolute Gasteiger partial charge is 0.187 e. The zero-order chi connectivity index (χ0) is 21.5. The van der Waals surface area contributed by atoms with Crippen molar-refractivity contribution in [2.75, 3.05) is 24.8 Å². The first-order valence-electron chi connectivity index (χ1n) is 9.86. The number of aliphatic hydroxyl groups is 1. The predicted molar refractivity (Wildman–Crippen MR) is 119 cm³/mol. The number of anilines is 1. The van der Waals surface area contributed by atoms with Crippen LogP contribution in [0.3, 0.4) is 0 Å². The van der Waals surface area contributed by atoms with E-state index < -0.39 is 0 Å². The summed E-state index contributed by atoms with van der Waals surface area (Å²) in [5.74, 6) is 1.54. The van der Waals surface area contributed by atoms with Gasteiger partial charge in [-0.1, -0.05) is 41.6 Å². The van der Waals surface area contributed by atoms with Crippen molar-refractivity contribution >= 4 is 17.8 Å². The van der Waals surface area contributed by atoms with Crippen LogP contribution in [0.1, 0.15) is 29.4 Å². The molecule has 0 atom stereocenters. The number of hydrogen-bond donors (Lipinski definition) is 1. The van der Waals surface area contributed by atoms with E-state index in [2.05, 4.69) is 17.3 Å². The Morgan fingerprint density at radius 2 is 1.93 bits per heavy atom. The maximum Gasteiger partial charge on any atom is 0.187 e. The predicted octanol–water partition coefficient (Wildman–Crippen LogP) is 5.10. The summed E-state index contributed by atoms with van der Waals surface area (Å²) in [4.78, 5) is 1.06. The first-order valence-corrected chi connectivity index (χ1v) is 10.6. The van der Waals surface area contributed by atoms with Gasteiger partial charge in [-0.3, -0.25) is 4.31 Å². The molecule has 1 heterocycles. The number of nitrogens with zero attached hydrogens (tertiary/aromatic N) is 2. The van der Waals surface area contributed by atoms with E-state index >= 15 is 0 Å². The number of rotatable bonds is 10. The van der Waals surface area contributed by atoms with Gasteiger partial charge in [0.25, 0.3) is 0 Å². The fourth-order valence-corrected chi connectivity index (χ4v) is 4.18. The lowest BCUT2D eigenvalue weighted by molar-refractivity contribution is 0.134. The number of benzene rings is 2. The average Bonchev–Trinajstić information content (AvgIpc) is 3.10. The number of aromatic nitrogens is 1. The van der Waals surface area contributed by atoms with E-state index in [1.54, 1.807) is 19.1 Å². The molecule has 7 heteroatoms. The maximum absolute atomic E-state index is 9.55. The summed E-state index contributed by atoms with van der Waals surface area (Å²) in [6.07, 6.45) is 0. The summed E-state index contributed by atoms with van der Waals surface area (Å²) >= 11 is 1.55. The summed E-state index contributed by atoms with van der Waals surface area (Å²) in [5.41, 5.74) is 5.06. The second kappa shape index (κ2) is 10.6. The van der Waals surface area contributed by atoms with Gasteiger partial charge in [0.05, 0.1) is 13.2 Å². The molecule has 0 spiro atoms. The van der Waals surface area contributed by atoms with Gasteiger partial charge in [-0.05, 0) is 61.0 Å². The Balaban J connectivity index is 2.00. The molecule has 160 valence electrons. The van der Waals surface area contributed by atoms with Crippen molar-refractivity contribution in [2.24, 2.45) is 0 Å². The molecule has 0 aliphatic carbocycles. The third kappa shape index (κ3) is 5.05. The van der Waals surface area contributed by atoms with E-state index in [4.69, 9.17) is 14.0 Å². The molecule has 3 aromatic rings. The summed E-state index contributed by atoms with van der Waals surface area (Å²) in [5, 5.41) is 13.8. The molecular formula is C23H28N2O4S. The maximum atomic E-state index is 9.55. The topological polar surface area (TPSA) is 68.0 Å². The number of methoxy groups -OCH3 is 1. The largest absolute Gasteiger partial charge is 0.392 e. The fourth-order valence-electron chi connectivity index (χ4n) is 3.11. The minimum atomic E-state index is 0.00219. The van der Waals surface area contributed by atoms with Crippen LogP contribution >= 0.6 is 11.9 Å². The molecule has 0 saturated carbocycles. The summed E-state index contributed by atoms with van der Waals surface area (Å²) in [6, 6.07) is 14.2. The third-order valence-corrected chi connectivity index (χ3v) is 5.87. The summed E-state index contributed by atoms with van der Waals surface area (Å²) in [6.45, 7) is 7.35. The Hall–Kier alpha value is -2.32. The zero-order valence-electron chi connectivity index (χ0n) is 17.8. The van der Waals surface area contributed by atoms with Crippen LogP contribution in [0.15, 0.2) is 51.9 Å². The fraction of sp³-hybridized carbons (Fsp3) is 0.348. The molecule has 2 aromatic carbocycles. The SMILES string of the molecule is CCOCc1cc(CO)ccc1-c1ccccc1SN(COC)c1noc(C)c1C. The van der Waals surface area contributed by atoms with Gasteiger partial charge < -0.3 is 19.1 Å². The summed E-state index contributed by atoms with van der Waals surface area (Å²) in [7, 11) is 1.66. The molecule has 1 aromatic heterocycles. The first kappa shape index (κ1) is 22.4. The van der Waals surface area contributed by atoms with E-state index in [9.17, 15) is 5.11 Å². The van der Waals surface area contributed by atoms with E-state index in [0.29, 0.717) is 19.9 Å². The Morgan fingerprint density at radius 3 is 2.60 bits per heavy atom. The minimum Gasteiger partial charge on any atom is -0.392 e. The molecule has 0 unspecified atom stereocenters. The average molecular weight is 429 g/mol. The van der Waals surface area contributed by atoms with Crippen LogP contribution in [0.4, 0.5) is 5.82 Å². The molecule has 6 nitrogen and oxygen atoms in total. The normalized spacial score (nSPS) is 11.1. The first-order chi connectivity index (χ1) is 14.6. The van der Waals surface area contributed by atoms with Gasteiger partial charge in [0.15, 0.2) is 5.82 Å². The molecule has 3 rings (SSSR count). The van der Waals surface area contributed by atoms with Gasteiger partial charge in [0.1, 0.15) is 12.5 Å². The van der Waals surface area contributed by atoms with E-state index in [-0.39, 0.29) is 6.61 Å². The van der Waals surface area contributed by atoms with Crippen LogP contribution in [0.5, 0.6) is 0 Å². The highest BCUT2D eigenvalue weighted by Gasteiger charge is 2.20. The standard InChI is InChI=1S/C23H28N2O4S/c1-5-28-14-19-12-18(13-26)10-11-20(19)21-8-6-7-9-22(21)30-25(15-27-4)23-16(2)17(3)29-24-23/h6-12,26H,5,13-15H2,1-4H3. The van der Waals surface area contributed by atoms with Gasteiger partial charge in [0.2, 0.25) is 0 Å². The van der Waals surface area contributed by atoms with Crippen molar-refractivity contribution in [1.29, 1.82) is 0 Å². The van der Waals surface area contributed by atoms with Crippen LogP contribution in [0.25, 0.3) is 11.1 Å². The van der Waals surface area contributed by atoms with Crippen LogP contribution < -0.4 is 4.31 Å². The van der Waals surface area contributed by atoms with Crippen LogP contribution in [0.2, 0.25) is 0 Å². The Labute approximate surface area is 181 Å². The molecule has 0 aliphatic rings. The lowest BCUT2D eigenvalue weighted by Gasteiger charge is -2.22. The second-order valence-corrected chi connectivity index (χ2v) is 7.92. The van der Waals surface area contributed by atoms with Crippen LogP contribution in [0, 0.1) is 13.8 Å². The molecule has 1 N–H and O–H groups in total. The highest BCUT2D eigenvalue weighted by Crippen LogP contribution is 2.38. The van der Waals surface area contributed by atoms with Crippen molar-refractivity contribution in [3.8, 4) is 11.1 Å². The van der Waals surface area contributed by atoms with Crippen molar-refractivity contribution in [1.82, 2.24) is 5.16 Å². The molecular weight excluding hydrogens is 400 g/mol. The van der Waals surface area contributed by atoms with Gasteiger partial charge in [-0.2, -0.15) is 0 Å². The van der Waals surface area contributed by atoms with Crippen molar-refractivity contribution in [3.63, 3.8) is 0 Å². The number of aryl methyl sites for hydroxylation is 1. The third-order valence-electron chi connectivity index (χ3n) is 4.81. The van der Waals surface area contributed by atoms with Crippen LogP contribution in [-0.4, -0.2) is 30.7 Å².